The minimum Gasteiger partial charge on any atom is -0.497 e. The summed E-state index contributed by atoms with van der Waals surface area (Å²) in [5.74, 6) is 1.08. The van der Waals surface area contributed by atoms with E-state index >= 15 is 0 Å². The second kappa shape index (κ2) is 10.8. The van der Waals surface area contributed by atoms with Gasteiger partial charge in [-0.1, -0.05) is 25.1 Å². The Kier molecular flexibility index (Phi) is 7.57. The molecule has 2 heterocycles. The molecule has 1 amide bonds. The summed E-state index contributed by atoms with van der Waals surface area (Å²) < 4.78 is 21.9. The first-order chi connectivity index (χ1) is 16.5. The third-order valence-electron chi connectivity index (χ3n) is 6.36. The standard InChI is InChI=1S/C26H32N2O6/c1-4-12-27-23(29)15-28-14-20(18-8-11-21-22(13-18)34-16-33-21)24(26(30)32-5-2)25(28)17-6-9-19(31-3)10-7-17/h6-11,13,20,24-25H,4-5,12,14-16H2,1-3H3,(H,27,29)/t20?,24-,25-/m0/s1. The summed E-state index contributed by atoms with van der Waals surface area (Å²) in [7, 11) is 1.62. The smallest absolute Gasteiger partial charge is 0.311 e. The number of carbonyl (C=O) groups is 2. The van der Waals surface area contributed by atoms with Gasteiger partial charge in [-0.05, 0) is 48.7 Å². The van der Waals surface area contributed by atoms with Crippen LogP contribution in [-0.2, 0) is 14.3 Å². The summed E-state index contributed by atoms with van der Waals surface area (Å²) in [6, 6.07) is 13.1. The van der Waals surface area contributed by atoms with E-state index in [0.29, 0.717) is 24.6 Å². The lowest BCUT2D eigenvalue weighted by Gasteiger charge is -2.28. The van der Waals surface area contributed by atoms with Crippen LogP contribution < -0.4 is 19.5 Å². The number of ether oxygens (including phenoxy) is 4. The van der Waals surface area contributed by atoms with E-state index in [-0.39, 0.29) is 43.8 Å². The molecule has 0 aliphatic carbocycles. The number of hydrogen-bond acceptors (Lipinski definition) is 7. The molecule has 0 bridgehead atoms. The van der Waals surface area contributed by atoms with Gasteiger partial charge < -0.3 is 24.3 Å². The van der Waals surface area contributed by atoms with E-state index in [0.717, 1.165) is 23.3 Å². The lowest BCUT2D eigenvalue weighted by atomic mass is 9.82. The molecule has 0 aromatic heterocycles. The van der Waals surface area contributed by atoms with Gasteiger partial charge in [-0.25, -0.2) is 0 Å². The van der Waals surface area contributed by atoms with Gasteiger partial charge in [0.05, 0.1) is 26.2 Å². The molecule has 2 aromatic rings. The number of methoxy groups -OCH3 is 1. The number of fused-ring (bicyclic) bond motifs is 1. The molecular formula is C26H32N2O6. The zero-order valence-corrected chi connectivity index (χ0v) is 19.9. The van der Waals surface area contributed by atoms with E-state index in [1.54, 1.807) is 14.0 Å². The Morgan fingerprint density at radius 2 is 1.79 bits per heavy atom. The number of benzene rings is 2. The molecule has 182 valence electrons. The van der Waals surface area contributed by atoms with Crippen LogP contribution in [0.25, 0.3) is 0 Å². The van der Waals surface area contributed by atoms with Crippen molar-refractivity contribution in [1.82, 2.24) is 10.2 Å². The van der Waals surface area contributed by atoms with Crippen LogP contribution in [0.1, 0.15) is 43.4 Å². The van der Waals surface area contributed by atoms with E-state index in [1.807, 2.05) is 49.4 Å². The summed E-state index contributed by atoms with van der Waals surface area (Å²) >= 11 is 0. The van der Waals surface area contributed by atoms with Crippen LogP contribution in [0.2, 0.25) is 0 Å². The molecule has 0 saturated carbocycles. The van der Waals surface area contributed by atoms with E-state index in [1.165, 1.54) is 0 Å². The van der Waals surface area contributed by atoms with Crippen molar-refractivity contribution in [2.75, 3.05) is 40.1 Å². The Bertz CT molecular complexity index is 1010. The Hall–Kier alpha value is -3.26. The van der Waals surface area contributed by atoms with E-state index < -0.39 is 5.92 Å². The van der Waals surface area contributed by atoms with Crippen molar-refractivity contribution in [3.8, 4) is 17.2 Å². The third-order valence-corrected chi connectivity index (χ3v) is 6.36. The fraction of sp³-hybridized carbons (Fsp3) is 0.462. The zero-order chi connectivity index (χ0) is 24.1. The molecule has 2 aliphatic heterocycles. The highest BCUT2D eigenvalue weighted by Gasteiger charge is 2.48. The van der Waals surface area contributed by atoms with Crippen molar-refractivity contribution in [3.05, 3.63) is 53.6 Å². The Labute approximate surface area is 200 Å². The first kappa shape index (κ1) is 23.9. The number of rotatable bonds is 9. The second-order valence-electron chi connectivity index (χ2n) is 8.49. The topological polar surface area (TPSA) is 86.3 Å². The summed E-state index contributed by atoms with van der Waals surface area (Å²) in [6.07, 6.45) is 0.860. The highest BCUT2D eigenvalue weighted by molar-refractivity contribution is 5.79. The van der Waals surface area contributed by atoms with Crippen LogP contribution in [0.5, 0.6) is 17.2 Å². The van der Waals surface area contributed by atoms with Crippen LogP contribution in [0, 0.1) is 5.92 Å². The summed E-state index contributed by atoms with van der Waals surface area (Å²) in [6.45, 7) is 5.63. The molecule has 34 heavy (non-hydrogen) atoms. The van der Waals surface area contributed by atoms with E-state index in [4.69, 9.17) is 18.9 Å². The fourth-order valence-electron chi connectivity index (χ4n) is 4.80. The minimum atomic E-state index is -0.493. The average molecular weight is 469 g/mol. The number of nitrogens with one attached hydrogen (secondary N) is 1. The average Bonchev–Trinajstić information content (AvgIpc) is 3.47. The van der Waals surface area contributed by atoms with Crippen molar-refractivity contribution >= 4 is 11.9 Å². The lowest BCUT2D eigenvalue weighted by molar-refractivity contribution is -0.149. The van der Waals surface area contributed by atoms with Gasteiger partial charge in [0, 0.05) is 25.0 Å². The van der Waals surface area contributed by atoms with Gasteiger partial charge in [-0.2, -0.15) is 0 Å². The Morgan fingerprint density at radius 1 is 1.06 bits per heavy atom. The number of likely N-dealkylation sites (tertiary alicyclic amines) is 1. The number of carbonyl (C=O) groups excluding carboxylic acids is 2. The van der Waals surface area contributed by atoms with Crippen molar-refractivity contribution < 1.29 is 28.5 Å². The quantitative estimate of drug-likeness (QED) is 0.565. The van der Waals surface area contributed by atoms with Gasteiger partial charge in [0.1, 0.15) is 5.75 Å². The van der Waals surface area contributed by atoms with Crippen LogP contribution in [0.4, 0.5) is 0 Å². The van der Waals surface area contributed by atoms with Crippen molar-refractivity contribution in [3.63, 3.8) is 0 Å². The molecule has 1 fully saturated rings. The van der Waals surface area contributed by atoms with E-state index in [9.17, 15) is 9.59 Å². The SMILES string of the molecule is CCCNC(=O)CN1CC(c2ccc3c(c2)OCO3)[C@H](C(=O)OCC)[C@@H]1c1ccc(OC)cc1. The molecule has 4 rings (SSSR count). The number of hydrogen-bond donors (Lipinski definition) is 1. The van der Waals surface area contributed by atoms with Gasteiger partial charge >= 0.3 is 5.97 Å². The van der Waals surface area contributed by atoms with Crippen LogP contribution in [0.15, 0.2) is 42.5 Å². The third kappa shape index (κ3) is 4.97. The second-order valence-corrected chi connectivity index (χ2v) is 8.49. The van der Waals surface area contributed by atoms with Gasteiger partial charge in [-0.3, -0.25) is 14.5 Å². The number of nitrogens with zero attached hydrogens (tertiary/aromatic N) is 1. The highest BCUT2D eigenvalue weighted by Crippen LogP contribution is 2.48. The lowest BCUT2D eigenvalue weighted by Crippen LogP contribution is -2.38. The minimum absolute atomic E-state index is 0.0608. The van der Waals surface area contributed by atoms with Crippen LogP contribution in [0.3, 0.4) is 0 Å². The maximum absolute atomic E-state index is 13.3. The van der Waals surface area contributed by atoms with Crippen molar-refractivity contribution in [2.45, 2.75) is 32.2 Å². The summed E-state index contributed by atoms with van der Waals surface area (Å²) in [5, 5.41) is 2.95. The molecule has 0 spiro atoms. The highest BCUT2D eigenvalue weighted by atomic mass is 16.7. The number of amides is 1. The molecular weight excluding hydrogens is 436 g/mol. The maximum atomic E-state index is 13.3. The van der Waals surface area contributed by atoms with Gasteiger partial charge in [-0.15, -0.1) is 0 Å². The number of esters is 1. The normalized spacial score (nSPS) is 21.3. The van der Waals surface area contributed by atoms with Crippen molar-refractivity contribution in [1.29, 1.82) is 0 Å². The van der Waals surface area contributed by atoms with E-state index in [2.05, 4.69) is 10.2 Å². The Morgan fingerprint density at radius 3 is 2.50 bits per heavy atom. The van der Waals surface area contributed by atoms with Gasteiger partial charge in [0.2, 0.25) is 12.7 Å². The van der Waals surface area contributed by atoms with Crippen LogP contribution in [-0.4, -0.2) is 56.9 Å². The maximum Gasteiger partial charge on any atom is 0.311 e. The largest absolute Gasteiger partial charge is 0.497 e. The molecule has 8 heteroatoms. The van der Waals surface area contributed by atoms with Gasteiger partial charge in [0.15, 0.2) is 11.5 Å². The summed E-state index contributed by atoms with van der Waals surface area (Å²) in [5.41, 5.74) is 1.89. The molecule has 1 N–H and O–H groups in total. The molecule has 0 radical (unpaired) electrons. The molecule has 1 unspecified atom stereocenters. The monoisotopic (exact) mass is 468 g/mol. The molecule has 2 aliphatic rings. The van der Waals surface area contributed by atoms with Crippen molar-refractivity contribution in [2.24, 2.45) is 5.92 Å². The fourth-order valence-corrected chi connectivity index (χ4v) is 4.80. The summed E-state index contributed by atoms with van der Waals surface area (Å²) in [4.78, 5) is 28.1. The zero-order valence-electron chi connectivity index (χ0n) is 19.9. The first-order valence-electron chi connectivity index (χ1n) is 11.8. The van der Waals surface area contributed by atoms with Gasteiger partial charge in [0.25, 0.3) is 0 Å². The first-order valence-corrected chi connectivity index (χ1v) is 11.8. The van der Waals surface area contributed by atoms with Crippen LogP contribution >= 0.6 is 0 Å². The molecule has 1 saturated heterocycles. The Balaban J connectivity index is 1.72. The predicted molar refractivity (Wildman–Crippen MR) is 126 cm³/mol. The molecule has 2 aromatic carbocycles. The molecule has 3 atom stereocenters. The predicted octanol–water partition coefficient (Wildman–Crippen LogP) is 3.27. The molecule has 8 nitrogen and oxygen atoms in total.